The lowest BCUT2D eigenvalue weighted by Gasteiger charge is -2.39. The summed E-state index contributed by atoms with van der Waals surface area (Å²) >= 11 is 0. The third kappa shape index (κ3) is 6.76. The average molecular weight is 268 g/mol. The van der Waals surface area contributed by atoms with Gasteiger partial charge in [0.2, 0.25) is 0 Å². The lowest BCUT2D eigenvalue weighted by Crippen LogP contribution is -2.40. The standard InChI is InChI=1S/C17H36N2/c1-14(2)19(6)10-8-7-9-18-16-11-15(3)12-17(4,5)13-16/h14-16,18H,7-13H2,1-6H3. The Kier molecular flexibility index (Phi) is 6.82. The summed E-state index contributed by atoms with van der Waals surface area (Å²) in [6, 6.07) is 1.43. The van der Waals surface area contributed by atoms with Crippen molar-refractivity contribution in [3.05, 3.63) is 0 Å². The van der Waals surface area contributed by atoms with Crippen molar-refractivity contribution in [3.8, 4) is 0 Å². The summed E-state index contributed by atoms with van der Waals surface area (Å²) in [6.45, 7) is 14.2. The summed E-state index contributed by atoms with van der Waals surface area (Å²) in [5.74, 6) is 0.883. The third-order valence-electron chi connectivity index (χ3n) is 4.64. The SMILES string of the molecule is CC1CC(NCCCCN(C)C(C)C)CC(C)(C)C1. The zero-order valence-electron chi connectivity index (χ0n) is 14.1. The maximum absolute atomic E-state index is 3.79. The monoisotopic (exact) mass is 268 g/mol. The van der Waals surface area contributed by atoms with Gasteiger partial charge in [-0.2, -0.15) is 0 Å². The average Bonchev–Trinajstić information content (AvgIpc) is 2.25. The molecule has 0 aliphatic heterocycles. The molecule has 2 atom stereocenters. The van der Waals surface area contributed by atoms with Crippen molar-refractivity contribution in [2.24, 2.45) is 11.3 Å². The third-order valence-corrected chi connectivity index (χ3v) is 4.64. The van der Waals surface area contributed by atoms with Crippen molar-refractivity contribution in [1.29, 1.82) is 0 Å². The van der Waals surface area contributed by atoms with Crippen LogP contribution >= 0.6 is 0 Å². The summed E-state index contributed by atoms with van der Waals surface area (Å²) in [5.41, 5.74) is 0.535. The van der Waals surface area contributed by atoms with E-state index in [1.54, 1.807) is 0 Å². The van der Waals surface area contributed by atoms with E-state index in [2.05, 4.69) is 51.9 Å². The molecular formula is C17H36N2. The van der Waals surface area contributed by atoms with Gasteiger partial charge in [-0.1, -0.05) is 20.8 Å². The Morgan fingerprint density at radius 1 is 1.21 bits per heavy atom. The smallest absolute Gasteiger partial charge is 0.00746 e. The van der Waals surface area contributed by atoms with E-state index in [1.165, 1.54) is 45.2 Å². The molecule has 0 aromatic heterocycles. The molecule has 0 aromatic carbocycles. The summed E-state index contributed by atoms with van der Waals surface area (Å²) in [5, 5.41) is 3.79. The number of nitrogens with zero attached hydrogens (tertiary/aromatic N) is 1. The molecule has 0 bridgehead atoms. The molecule has 1 rings (SSSR count). The van der Waals surface area contributed by atoms with Crippen molar-refractivity contribution in [1.82, 2.24) is 10.2 Å². The van der Waals surface area contributed by atoms with E-state index in [0.717, 1.165) is 12.0 Å². The first-order valence-corrected chi connectivity index (χ1v) is 8.24. The van der Waals surface area contributed by atoms with E-state index in [0.29, 0.717) is 11.5 Å². The van der Waals surface area contributed by atoms with Gasteiger partial charge in [0.15, 0.2) is 0 Å². The Hall–Kier alpha value is -0.0800. The van der Waals surface area contributed by atoms with E-state index in [-0.39, 0.29) is 0 Å². The topological polar surface area (TPSA) is 15.3 Å². The maximum atomic E-state index is 3.79. The van der Waals surface area contributed by atoms with Crippen LogP contribution in [0.3, 0.4) is 0 Å². The van der Waals surface area contributed by atoms with Gasteiger partial charge in [0.1, 0.15) is 0 Å². The number of nitrogens with one attached hydrogen (secondary N) is 1. The predicted octanol–water partition coefficient (Wildman–Crippen LogP) is 3.91. The largest absolute Gasteiger partial charge is 0.314 e. The molecule has 114 valence electrons. The minimum absolute atomic E-state index is 0.535. The zero-order chi connectivity index (χ0) is 14.5. The molecule has 2 nitrogen and oxygen atoms in total. The fraction of sp³-hybridized carbons (Fsp3) is 1.00. The van der Waals surface area contributed by atoms with E-state index < -0.39 is 0 Å². The van der Waals surface area contributed by atoms with E-state index in [1.807, 2.05) is 0 Å². The van der Waals surface area contributed by atoms with Gasteiger partial charge >= 0.3 is 0 Å². The molecule has 0 radical (unpaired) electrons. The molecule has 1 saturated carbocycles. The van der Waals surface area contributed by atoms with Crippen LogP contribution in [0.2, 0.25) is 0 Å². The minimum atomic E-state index is 0.535. The number of rotatable bonds is 7. The highest BCUT2D eigenvalue weighted by Crippen LogP contribution is 2.38. The Morgan fingerprint density at radius 3 is 2.47 bits per heavy atom. The second-order valence-corrected chi connectivity index (χ2v) is 7.85. The van der Waals surface area contributed by atoms with Crippen molar-refractivity contribution in [2.75, 3.05) is 20.1 Å². The molecule has 0 saturated heterocycles. The Morgan fingerprint density at radius 2 is 1.89 bits per heavy atom. The van der Waals surface area contributed by atoms with Crippen molar-refractivity contribution in [3.63, 3.8) is 0 Å². The van der Waals surface area contributed by atoms with Gasteiger partial charge in [0, 0.05) is 12.1 Å². The van der Waals surface area contributed by atoms with Crippen molar-refractivity contribution in [2.45, 2.75) is 78.8 Å². The molecule has 0 spiro atoms. The number of hydrogen-bond acceptors (Lipinski definition) is 2. The first-order chi connectivity index (χ1) is 8.80. The highest BCUT2D eigenvalue weighted by molar-refractivity contribution is 4.86. The van der Waals surface area contributed by atoms with E-state index in [4.69, 9.17) is 0 Å². The molecule has 0 amide bonds. The van der Waals surface area contributed by atoms with Gasteiger partial charge in [-0.15, -0.1) is 0 Å². The molecule has 0 aromatic rings. The summed E-state index contributed by atoms with van der Waals surface area (Å²) in [6.07, 6.45) is 6.73. The molecule has 1 aliphatic rings. The normalized spacial score (nSPS) is 27.2. The molecule has 0 heterocycles. The predicted molar refractivity (Wildman–Crippen MR) is 85.6 cm³/mol. The Labute approximate surface area is 121 Å². The summed E-state index contributed by atoms with van der Waals surface area (Å²) in [7, 11) is 2.23. The van der Waals surface area contributed by atoms with Crippen LogP contribution in [0.25, 0.3) is 0 Å². The first-order valence-electron chi connectivity index (χ1n) is 8.24. The summed E-state index contributed by atoms with van der Waals surface area (Å²) in [4.78, 5) is 2.44. The second kappa shape index (κ2) is 7.64. The molecule has 2 unspecified atom stereocenters. The second-order valence-electron chi connectivity index (χ2n) is 7.85. The van der Waals surface area contributed by atoms with Crippen LogP contribution in [-0.2, 0) is 0 Å². The molecule has 19 heavy (non-hydrogen) atoms. The van der Waals surface area contributed by atoms with Crippen LogP contribution in [-0.4, -0.2) is 37.1 Å². The number of hydrogen-bond donors (Lipinski definition) is 1. The molecular weight excluding hydrogens is 232 g/mol. The highest BCUT2D eigenvalue weighted by Gasteiger charge is 2.31. The highest BCUT2D eigenvalue weighted by atomic mass is 15.1. The van der Waals surface area contributed by atoms with Crippen LogP contribution in [0.4, 0.5) is 0 Å². The fourth-order valence-corrected chi connectivity index (χ4v) is 3.55. The summed E-state index contributed by atoms with van der Waals surface area (Å²) < 4.78 is 0. The van der Waals surface area contributed by atoms with Gasteiger partial charge in [0.25, 0.3) is 0 Å². The minimum Gasteiger partial charge on any atom is -0.314 e. The van der Waals surface area contributed by atoms with Gasteiger partial charge in [0.05, 0.1) is 0 Å². The maximum Gasteiger partial charge on any atom is 0.00746 e. The van der Waals surface area contributed by atoms with E-state index >= 15 is 0 Å². The molecule has 1 N–H and O–H groups in total. The van der Waals surface area contributed by atoms with Gasteiger partial charge < -0.3 is 10.2 Å². The van der Waals surface area contributed by atoms with Crippen LogP contribution in [0.15, 0.2) is 0 Å². The van der Waals surface area contributed by atoms with Gasteiger partial charge in [-0.05, 0) is 77.4 Å². The lowest BCUT2D eigenvalue weighted by atomic mass is 9.70. The fourth-order valence-electron chi connectivity index (χ4n) is 3.55. The Bertz CT molecular complexity index is 248. The zero-order valence-corrected chi connectivity index (χ0v) is 14.1. The van der Waals surface area contributed by atoms with Crippen LogP contribution in [0, 0.1) is 11.3 Å². The van der Waals surface area contributed by atoms with Gasteiger partial charge in [-0.3, -0.25) is 0 Å². The Balaban J connectivity index is 2.12. The van der Waals surface area contributed by atoms with Crippen molar-refractivity contribution < 1.29 is 0 Å². The lowest BCUT2D eigenvalue weighted by molar-refractivity contribution is 0.151. The number of unbranched alkanes of at least 4 members (excludes halogenated alkanes) is 1. The quantitative estimate of drug-likeness (QED) is 0.704. The van der Waals surface area contributed by atoms with Crippen LogP contribution < -0.4 is 5.32 Å². The van der Waals surface area contributed by atoms with Crippen LogP contribution in [0.1, 0.15) is 66.7 Å². The van der Waals surface area contributed by atoms with Crippen molar-refractivity contribution >= 4 is 0 Å². The molecule has 2 heteroatoms. The van der Waals surface area contributed by atoms with E-state index in [9.17, 15) is 0 Å². The van der Waals surface area contributed by atoms with Gasteiger partial charge in [-0.25, -0.2) is 0 Å². The molecule has 1 fully saturated rings. The first kappa shape index (κ1) is 17.0. The van der Waals surface area contributed by atoms with Crippen LogP contribution in [0.5, 0.6) is 0 Å². The molecule has 1 aliphatic carbocycles.